The van der Waals surface area contributed by atoms with Crippen molar-refractivity contribution in [3.8, 4) is 11.1 Å². The molecular weight excluding hydrogens is 246 g/mol. The van der Waals surface area contributed by atoms with E-state index in [0.29, 0.717) is 5.56 Å². The number of carbonyl (C=O) groups is 1. The highest BCUT2D eigenvalue weighted by Crippen LogP contribution is 2.27. The zero-order valence-corrected chi connectivity index (χ0v) is 11.3. The average molecular weight is 261 g/mol. The second kappa shape index (κ2) is 5.17. The zero-order valence-electron chi connectivity index (χ0n) is 11.3. The minimum Gasteiger partial charge on any atom is -0.322 e. The van der Waals surface area contributed by atoms with Crippen LogP contribution in [0.4, 0.5) is 5.69 Å². The van der Waals surface area contributed by atoms with Crippen LogP contribution in [0.5, 0.6) is 0 Å². The molecule has 0 heterocycles. The first-order valence-electron chi connectivity index (χ1n) is 6.60. The summed E-state index contributed by atoms with van der Waals surface area (Å²) in [7, 11) is 0. The highest BCUT2D eigenvalue weighted by atomic mass is 16.1. The number of nitrogens with one attached hydrogen (secondary N) is 1. The lowest BCUT2D eigenvalue weighted by atomic mass is 10.1. The Morgan fingerprint density at radius 2 is 1.60 bits per heavy atom. The molecule has 0 bridgehead atoms. The highest BCUT2D eigenvalue weighted by molar-refractivity contribution is 6.09. The summed E-state index contributed by atoms with van der Waals surface area (Å²) in [4.78, 5) is 12.4. The van der Waals surface area contributed by atoms with Gasteiger partial charge < -0.3 is 5.32 Å². The molecule has 0 spiro atoms. The average Bonchev–Trinajstić information content (AvgIpc) is 2.71. The van der Waals surface area contributed by atoms with Gasteiger partial charge >= 0.3 is 0 Å². The summed E-state index contributed by atoms with van der Waals surface area (Å²) >= 11 is 0. The molecule has 0 fully saturated rings. The van der Waals surface area contributed by atoms with Gasteiger partial charge in [-0.15, -0.1) is 0 Å². The quantitative estimate of drug-likeness (QED) is 0.730. The predicted octanol–water partition coefficient (Wildman–Crippen LogP) is 4.35. The second-order valence-corrected chi connectivity index (χ2v) is 4.80. The molecule has 2 nitrogen and oxygen atoms in total. The summed E-state index contributed by atoms with van der Waals surface area (Å²) in [5, 5.41) is 2.98. The molecule has 0 saturated carbocycles. The molecule has 20 heavy (non-hydrogen) atoms. The summed E-state index contributed by atoms with van der Waals surface area (Å²) in [6.07, 6.45) is 0. The fourth-order valence-corrected chi connectivity index (χ4v) is 2.32. The minimum atomic E-state index is -0.0690. The van der Waals surface area contributed by atoms with Gasteiger partial charge in [-0.3, -0.25) is 4.79 Å². The van der Waals surface area contributed by atoms with E-state index in [1.165, 1.54) is 0 Å². The fraction of sp³-hybridized carbons (Fsp3) is 0.0556. The van der Waals surface area contributed by atoms with Gasteiger partial charge in [-0.1, -0.05) is 54.6 Å². The molecule has 0 radical (unpaired) electrons. The molecule has 0 saturated heterocycles. The van der Waals surface area contributed by atoms with Crippen molar-refractivity contribution in [3.63, 3.8) is 0 Å². The fourth-order valence-electron chi connectivity index (χ4n) is 2.32. The van der Waals surface area contributed by atoms with Crippen molar-refractivity contribution in [2.24, 2.45) is 0 Å². The monoisotopic (exact) mass is 261 g/mol. The number of aryl methyl sites for hydroxylation is 1. The van der Waals surface area contributed by atoms with E-state index in [4.69, 9.17) is 0 Å². The lowest BCUT2D eigenvalue weighted by Gasteiger charge is -2.08. The van der Waals surface area contributed by atoms with Crippen molar-refractivity contribution >= 4 is 11.6 Å². The molecule has 98 valence electrons. The Morgan fingerprint density at radius 3 is 2.45 bits per heavy atom. The molecule has 2 aliphatic carbocycles. The zero-order chi connectivity index (χ0) is 13.9. The number of hydrogen-bond donors (Lipinski definition) is 1. The van der Waals surface area contributed by atoms with Crippen LogP contribution in [0.1, 0.15) is 15.9 Å². The largest absolute Gasteiger partial charge is 0.322 e. The molecule has 0 atom stereocenters. The molecule has 1 aromatic carbocycles. The first-order valence-corrected chi connectivity index (χ1v) is 6.60. The summed E-state index contributed by atoms with van der Waals surface area (Å²) in [6, 6.07) is 21.5. The Hall–Kier alpha value is -2.61. The van der Waals surface area contributed by atoms with Crippen LogP contribution in [0.15, 0.2) is 66.7 Å². The molecule has 2 heteroatoms. The van der Waals surface area contributed by atoms with E-state index in [-0.39, 0.29) is 5.91 Å². The normalized spacial score (nSPS) is 10.4. The SMILES string of the molecule is Cc1ccccc1NC(=O)c1ccc2cccccc1-2. The van der Waals surface area contributed by atoms with Crippen molar-refractivity contribution in [1.29, 1.82) is 0 Å². The van der Waals surface area contributed by atoms with Gasteiger partial charge in [0, 0.05) is 11.3 Å². The van der Waals surface area contributed by atoms with Crippen molar-refractivity contribution < 1.29 is 4.79 Å². The molecule has 2 aliphatic rings. The number of rotatable bonds is 2. The molecule has 0 aliphatic heterocycles. The number of amides is 1. The molecule has 0 aromatic heterocycles. The van der Waals surface area contributed by atoms with Gasteiger partial charge in [0.15, 0.2) is 0 Å². The molecule has 1 amide bonds. The van der Waals surface area contributed by atoms with Crippen LogP contribution >= 0.6 is 0 Å². The minimum absolute atomic E-state index is 0.0690. The van der Waals surface area contributed by atoms with Crippen molar-refractivity contribution in [2.45, 2.75) is 6.92 Å². The first kappa shape index (κ1) is 12.4. The number of para-hydroxylation sites is 1. The molecule has 1 N–H and O–H groups in total. The summed E-state index contributed by atoms with van der Waals surface area (Å²) in [5.74, 6) is -0.0690. The van der Waals surface area contributed by atoms with E-state index >= 15 is 0 Å². The maximum Gasteiger partial charge on any atom is 0.256 e. The number of anilines is 1. The van der Waals surface area contributed by atoms with Crippen LogP contribution in [0.2, 0.25) is 0 Å². The van der Waals surface area contributed by atoms with Crippen LogP contribution in [0.3, 0.4) is 0 Å². The van der Waals surface area contributed by atoms with Crippen LogP contribution in [-0.4, -0.2) is 5.91 Å². The van der Waals surface area contributed by atoms with E-state index in [1.54, 1.807) is 0 Å². The topological polar surface area (TPSA) is 29.1 Å². The third-order valence-corrected chi connectivity index (χ3v) is 3.43. The molecule has 0 unspecified atom stereocenters. The third-order valence-electron chi connectivity index (χ3n) is 3.43. The Kier molecular flexibility index (Phi) is 3.21. The molecule has 1 aromatic rings. The molecular formula is C18H15NO. The van der Waals surface area contributed by atoms with Crippen LogP contribution < -0.4 is 5.32 Å². The van der Waals surface area contributed by atoms with Crippen molar-refractivity contribution in [1.82, 2.24) is 0 Å². The van der Waals surface area contributed by atoms with Gasteiger partial charge in [0.25, 0.3) is 5.91 Å². The summed E-state index contributed by atoms with van der Waals surface area (Å²) in [5.41, 5.74) is 4.67. The smallest absolute Gasteiger partial charge is 0.256 e. The van der Waals surface area contributed by atoms with Crippen molar-refractivity contribution in [2.75, 3.05) is 5.32 Å². The van der Waals surface area contributed by atoms with Crippen LogP contribution in [0, 0.1) is 6.92 Å². The van der Waals surface area contributed by atoms with E-state index in [1.807, 2.05) is 73.7 Å². The first-order chi connectivity index (χ1) is 9.75. The Morgan fingerprint density at radius 1 is 0.850 bits per heavy atom. The number of benzene rings is 1. The summed E-state index contributed by atoms with van der Waals surface area (Å²) < 4.78 is 0. The van der Waals surface area contributed by atoms with Gasteiger partial charge in [-0.2, -0.15) is 0 Å². The van der Waals surface area contributed by atoms with Crippen molar-refractivity contribution in [3.05, 3.63) is 77.9 Å². The Labute approximate surface area is 118 Å². The third kappa shape index (κ3) is 2.28. The van der Waals surface area contributed by atoms with E-state index in [0.717, 1.165) is 22.4 Å². The van der Waals surface area contributed by atoms with Gasteiger partial charge in [0.2, 0.25) is 0 Å². The summed E-state index contributed by atoms with van der Waals surface area (Å²) in [6.45, 7) is 1.98. The van der Waals surface area contributed by atoms with Crippen LogP contribution in [-0.2, 0) is 0 Å². The molecule has 3 rings (SSSR count). The standard InChI is InChI=1S/C18H15NO/c1-13-7-5-6-10-17(13)19-18(20)16-12-11-14-8-3-2-4-9-15(14)16/h2-12H,1H3,(H,19,20). The lowest BCUT2D eigenvalue weighted by molar-refractivity contribution is 0.102. The Bertz CT molecular complexity index is 733. The van der Waals surface area contributed by atoms with Gasteiger partial charge in [-0.05, 0) is 35.7 Å². The van der Waals surface area contributed by atoms with Gasteiger partial charge in [-0.25, -0.2) is 0 Å². The second-order valence-electron chi connectivity index (χ2n) is 4.80. The van der Waals surface area contributed by atoms with E-state index in [2.05, 4.69) is 5.32 Å². The number of hydrogen-bond acceptors (Lipinski definition) is 1. The van der Waals surface area contributed by atoms with Crippen LogP contribution in [0.25, 0.3) is 11.1 Å². The predicted molar refractivity (Wildman–Crippen MR) is 82.2 cm³/mol. The van der Waals surface area contributed by atoms with E-state index < -0.39 is 0 Å². The van der Waals surface area contributed by atoms with Gasteiger partial charge in [0.1, 0.15) is 0 Å². The number of fused-ring (bicyclic) bond motifs is 1. The van der Waals surface area contributed by atoms with Gasteiger partial charge in [0.05, 0.1) is 0 Å². The maximum atomic E-state index is 12.4. The highest BCUT2D eigenvalue weighted by Gasteiger charge is 2.15. The van der Waals surface area contributed by atoms with E-state index in [9.17, 15) is 4.79 Å². The lowest BCUT2D eigenvalue weighted by Crippen LogP contribution is -2.12. The Balaban J connectivity index is 1.93. The number of carbonyl (C=O) groups excluding carboxylic acids is 1. The maximum absolute atomic E-state index is 12.4.